The number of aliphatic hydroxyl groups is 1. The standard InChI is InChI=1S/C15H24N4O3/c1-11(12-5-3-2-4-6-12)22-10-14(20)9-16-15(21)19-13-7-17-18-8-13/h2-6,11,13-14,17-18,20H,7-10H2,1H3,(H2,16,19,21). The van der Waals surface area contributed by atoms with Crippen molar-refractivity contribution in [1.29, 1.82) is 0 Å². The summed E-state index contributed by atoms with van der Waals surface area (Å²) in [6, 6.07) is 9.58. The van der Waals surface area contributed by atoms with Crippen molar-refractivity contribution < 1.29 is 14.6 Å². The molecule has 0 spiro atoms. The van der Waals surface area contributed by atoms with Gasteiger partial charge in [-0.05, 0) is 12.5 Å². The molecule has 2 amide bonds. The SMILES string of the molecule is CC(OCC(O)CNC(=O)NC1CNNC1)c1ccccc1. The van der Waals surface area contributed by atoms with Crippen LogP contribution in [0.5, 0.6) is 0 Å². The van der Waals surface area contributed by atoms with Gasteiger partial charge in [0.2, 0.25) is 0 Å². The highest BCUT2D eigenvalue weighted by Crippen LogP contribution is 2.15. The molecule has 0 aromatic heterocycles. The van der Waals surface area contributed by atoms with Crippen LogP contribution in [0.3, 0.4) is 0 Å². The van der Waals surface area contributed by atoms with Gasteiger partial charge in [0.1, 0.15) is 0 Å². The molecule has 7 heteroatoms. The van der Waals surface area contributed by atoms with Crippen molar-refractivity contribution in [2.75, 3.05) is 26.2 Å². The number of hydrazine groups is 1. The highest BCUT2D eigenvalue weighted by Gasteiger charge is 2.17. The first-order valence-corrected chi connectivity index (χ1v) is 7.50. The van der Waals surface area contributed by atoms with Crippen LogP contribution in [-0.2, 0) is 4.74 Å². The minimum Gasteiger partial charge on any atom is -0.389 e. The zero-order valence-corrected chi connectivity index (χ0v) is 12.7. The quantitative estimate of drug-likeness (QED) is 0.485. The largest absolute Gasteiger partial charge is 0.389 e. The Morgan fingerprint density at radius 3 is 2.73 bits per heavy atom. The number of carbonyl (C=O) groups excluding carboxylic acids is 1. The molecule has 1 aromatic rings. The Morgan fingerprint density at radius 1 is 1.36 bits per heavy atom. The highest BCUT2D eigenvalue weighted by molar-refractivity contribution is 5.74. The van der Waals surface area contributed by atoms with Crippen molar-refractivity contribution in [3.8, 4) is 0 Å². The normalized spacial score (nSPS) is 17.9. The maximum atomic E-state index is 11.6. The molecule has 1 saturated heterocycles. The van der Waals surface area contributed by atoms with Gasteiger partial charge in [-0.2, -0.15) is 0 Å². The van der Waals surface area contributed by atoms with E-state index >= 15 is 0 Å². The van der Waals surface area contributed by atoms with E-state index in [0.29, 0.717) is 13.1 Å². The summed E-state index contributed by atoms with van der Waals surface area (Å²) >= 11 is 0. The number of rotatable bonds is 7. The lowest BCUT2D eigenvalue weighted by Gasteiger charge is -2.18. The van der Waals surface area contributed by atoms with Crippen LogP contribution in [-0.4, -0.2) is 49.5 Å². The Morgan fingerprint density at radius 2 is 2.05 bits per heavy atom. The molecule has 2 atom stereocenters. The molecule has 1 aliphatic heterocycles. The zero-order chi connectivity index (χ0) is 15.8. The number of benzene rings is 1. The third-order valence-electron chi connectivity index (χ3n) is 3.46. The molecule has 2 unspecified atom stereocenters. The van der Waals surface area contributed by atoms with Gasteiger partial charge in [0, 0.05) is 19.6 Å². The van der Waals surface area contributed by atoms with E-state index in [4.69, 9.17) is 4.74 Å². The lowest BCUT2D eigenvalue weighted by molar-refractivity contribution is -0.00110. The van der Waals surface area contributed by atoms with Crippen molar-refractivity contribution in [2.45, 2.75) is 25.2 Å². The van der Waals surface area contributed by atoms with Gasteiger partial charge >= 0.3 is 6.03 Å². The van der Waals surface area contributed by atoms with Crippen LogP contribution in [0.25, 0.3) is 0 Å². The second-order valence-electron chi connectivity index (χ2n) is 5.35. The molecule has 1 aromatic carbocycles. The highest BCUT2D eigenvalue weighted by atomic mass is 16.5. The fourth-order valence-corrected chi connectivity index (χ4v) is 2.15. The number of amides is 2. The van der Waals surface area contributed by atoms with Gasteiger partial charge in [0.15, 0.2) is 0 Å². The Balaban J connectivity index is 1.61. The van der Waals surface area contributed by atoms with Gasteiger partial charge in [-0.15, -0.1) is 0 Å². The lowest BCUT2D eigenvalue weighted by atomic mass is 10.1. The van der Waals surface area contributed by atoms with Crippen molar-refractivity contribution in [3.63, 3.8) is 0 Å². The minimum atomic E-state index is -0.739. The smallest absolute Gasteiger partial charge is 0.315 e. The first kappa shape index (κ1) is 16.7. The lowest BCUT2D eigenvalue weighted by Crippen LogP contribution is -2.46. The third kappa shape index (κ3) is 5.61. The van der Waals surface area contributed by atoms with Gasteiger partial charge in [-0.1, -0.05) is 30.3 Å². The Hall–Kier alpha value is -1.67. The molecule has 0 radical (unpaired) electrons. The summed E-state index contributed by atoms with van der Waals surface area (Å²) in [5.74, 6) is 0. The topological polar surface area (TPSA) is 94.7 Å². The molecular weight excluding hydrogens is 284 g/mol. The van der Waals surface area contributed by atoms with E-state index < -0.39 is 6.10 Å². The fourth-order valence-electron chi connectivity index (χ4n) is 2.15. The van der Waals surface area contributed by atoms with E-state index in [2.05, 4.69) is 21.5 Å². The number of carbonyl (C=O) groups is 1. The molecular formula is C15H24N4O3. The predicted octanol–water partition coefficient (Wildman–Crippen LogP) is -0.0993. The van der Waals surface area contributed by atoms with Crippen LogP contribution in [0.2, 0.25) is 0 Å². The van der Waals surface area contributed by atoms with Crippen LogP contribution in [0, 0.1) is 0 Å². The molecule has 0 saturated carbocycles. The zero-order valence-electron chi connectivity index (χ0n) is 12.7. The molecule has 1 aliphatic rings. The summed E-state index contributed by atoms with van der Waals surface area (Å²) in [5, 5.41) is 15.3. The molecule has 0 aliphatic carbocycles. The Kier molecular flexibility index (Phi) is 6.60. The van der Waals surface area contributed by atoms with E-state index in [0.717, 1.165) is 5.56 Å². The van der Waals surface area contributed by atoms with Crippen LogP contribution < -0.4 is 21.5 Å². The van der Waals surface area contributed by atoms with E-state index in [1.807, 2.05) is 37.3 Å². The first-order valence-electron chi connectivity index (χ1n) is 7.50. The number of ether oxygens (including phenoxy) is 1. The van der Waals surface area contributed by atoms with Crippen molar-refractivity contribution in [1.82, 2.24) is 21.5 Å². The second kappa shape index (κ2) is 8.70. The Bertz CT molecular complexity index is 451. The molecule has 22 heavy (non-hydrogen) atoms. The van der Waals surface area contributed by atoms with Crippen molar-refractivity contribution in [2.24, 2.45) is 0 Å². The van der Waals surface area contributed by atoms with E-state index in [9.17, 15) is 9.90 Å². The van der Waals surface area contributed by atoms with Gasteiger partial charge < -0.3 is 20.5 Å². The summed E-state index contributed by atoms with van der Waals surface area (Å²) in [6.45, 7) is 3.63. The third-order valence-corrected chi connectivity index (χ3v) is 3.46. The van der Waals surface area contributed by atoms with Crippen LogP contribution in [0.1, 0.15) is 18.6 Å². The predicted molar refractivity (Wildman–Crippen MR) is 83.1 cm³/mol. The minimum absolute atomic E-state index is 0.0616. The van der Waals surface area contributed by atoms with Crippen molar-refractivity contribution in [3.05, 3.63) is 35.9 Å². The summed E-state index contributed by atoms with van der Waals surface area (Å²) in [7, 11) is 0. The number of urea groups is 1. The van der Waals surface area contributed by atoms with Crippen LogP contribution >= 0.6 is 0 Å². The summed E-state index contributed by atoms with van der Waals surface area (Å²) in [6.07, 6.45) is -0.836. The molecule has 1 heterocycles. The average molecular weight is 308 g/mol. The Labute approximate surface area is 130 Å². The van der Waals surface area contributed by atoms with E-state index in [1.54, 1.807) is 0 Å². The van der Waals surface area contributed by atoms with Gasteiger partial charge in [-0.25, -0.2) is 4.79 Å². The molecule has 7 nitrogen and oxygen atoms in total. The van der Waals surface area contributed by atoms with Gasteiger partial charge in [0.05, 0.1) is 24.9 Å². The van der Waals surface area contributed by atoms with Crippen molar-refractivity contribution >= 4 is 6.03 Å². The summed E-state index contributed by atoms with van der Waals surface area (Å²) in [5.41, 5.74) is 6.92. The first-order chi connectivity index (χ1) is 10.6. The fraction of sp³-hybridized carbons (Fsp3) is 0.533. The maximum absolute atomic E-state index is 11.6. The van der Waals surface area contributed by atoms with Crippen LogP contribution in [0.4, 0.5) is 4.79 Å². The molecule has 122 valence electrons. The average Bonchev–Trinajstić information content (AvgIpc) is 3.04. The number of nitrogens with one attached hydrogen (secondary N) is 4. The van der Waals surface area contributed by atoms with Gasteiger partial charge in [0.25, 0.3) is 0 Å². The monoisotopic (exact) mass is 308 g/mol. The van der Waals surface area contributed by atoms with E-state index in [1.165, 1.54) is 0 Å². The molecule has 0 bridgehead atoms. The van der Waals surface area contributed by atoms with Gasteiger partial charge in [-0.3, -0.25) is 10.9 Å². The number of aliphatic hydroxyl groups excluding tert-OH is 1. The maximum Gasteiger partial charge on any atom is 0.315 e. The number of hydrogen-bond acceptors (Lipinski definition) is 5. The molecule has 5 N–H and O–H groups in total. The second-order valence-corrected chi connectivity index (χ2v) is 5.35. The number of hydrogen-bond donors (Lipinski definition) is 5. The molecule has 1 fully saturated rings. The van der Waals surface area contributed by atoms with E-state index in [-0.39, 0.29) is 31.3 Å². The molecule has 2 rings (SSSR count). The van der Waals surface area contributed by atoms with Crippen LogP contribution in [0.15, 0.2) is 30.3 Å². The summed E-state index contributed by atoms with van der Waals surface area (Å²) < 4.78 is 5.61. The summed E-state index contributed by atoms with van der Waals surface area (Å²) in [4.78, 5) is 11.6.